The van der Waals surface area contributed by atoms with Gasteiger partial charge in [-0.15, -0.1) is 0 Å². The predicted octanol–water partition coefficient (Wildman–Crippen LogP) is -5.88. The van der Waals surface area contributed by atoms with E-state index in [1.54, 1.807) is 0 Å². The zero-order valence-electron chi connectivity index (χ0n) is 2.46. The second-order valence-electron chi connectivity index (χ2n) is 0.250. The monoisotopic (exact) mass is 167 g/mol. The van der Waals surface area contributed by atoms with Gasteiger partial charge in [0.25, 0.3) is 0 Å². The Labute approximate surface area is 53.2 Å². The summed E-state index contributed by atoms with van der Waals surface area (Å²) in [6.07, 6.45) is 0. The first-order valence-corrected chi connectivity index (χ1v) is 1.84. The van der Waals surface area contributed by atoms with E-state index in [0.29, 0.717) is 0 Å². The van der Waals surface area contributed by atoms with Gasteiger partial charge in [-0.25, -0.2) is 0 Å². The van der Waals surface area contributed by atoms with Crippen LogP contribution in [-0.4, -0.2) is 9.17 Å². The molecule has 0 fully saturated rings. The maximum absolute atomic E-state index is 8.52. The Kier molecular flexibility index (Phi) is 24.3. The molecule has 0 amide bonds. The standard InChI is InChI=1S/ClH.Fe.O3Si/c;;1-4(2)3/h1H;;/q;+3;-2/p-1. The van der Waals surface area contributed by atoms with Gasteiger partial charge in [-0.2, -0.15) is 0 Å². The molecule has 0 spiro atoms. The van der Waals surface area contributed by atoms with Crippen molar-refractivity contribution in [3.63, 3.8) is 0 Å². The molecule has 0 aliphatic carbocycles. The van der Waals surface area contributed by atoms with E-state index in [9.17, 15) is 0 Å². The van der Waals surface area contributed by atoms with Gasteiger partial charge in [0.05, 0.1) is 0 Å². The van der Waals surface area contributed by atoms with Gasteiger partial charge in [0.1, 0.15) is 0 Å². The number of hydrogen-bond donors (Lipinski definition) is 0. The maximum atomic E-state index is 8.52. The van der Waals surface area contributed by atoms with Crippen LogP contribution in [-0.2, 0) is 21.5 Å². The molecule has 0 rings (SSSR count). The molecule has 6 heavy (non-hydrogen) atoms. The second kappa shape index (κ2) is 9.06. The van der Waals surface area contributed by atoms with Crippen LogP contribution in [0, 0.1) is 0 Å². The molecule has 0 heterocycles. The van der Waals surface area contributed by atoms with Crippen LogP contribution in [0.3, 0.4) is 0 Å². The third-order valence-electron chi connectivity index (χ3n) is 0. The van der Waals surface area contributed by atoms with E-state index in [4.69, 9.17) is 14.1 Å². The molecule has 6 heteroatoms. The Morgan fingerprint density at radius 1 is 1.33 bits per heavy atom. The maximum Gasteiger partial charge on any atom is 3.00 e. The molecule has 0 N–H and O–H groups in total. The fourth-order valence-corrected chi connectivity index (χ4v) is 0. The van der Waals surface area contributed by atoms with Crippen LogP contribution < -0.4 is 22.0 Å². The van der Waals surface area contributed by atoms with E-state index in [2.05, 4.69) is 0 Å². The summed E-state index contributed by atoms with van der Waals surface area (Å²) in [6.45, 7) is 0. The van der Waals surface area contributed by atoms with Gasteiger partial charge in [-0.1, -0.05) is 0 Å². The zero-order chi connectivity index (χ0) is 3.58. The molecule has 0 aliphatic heterocycles. The van der Waals surface area contributed by atoms with Gasteiger partial charge in [0.15, 0.2) is 0 Å². The Morgan fingerprint density at radius 3 is 1.33 bits per heavy atom. The third-order valence-corrected chi connectivity index (χ3v) is 0. The second-order valence-corrected chi connectivity index (χ2v) is 0.750. The van der Waals surface area contributed by atoms with E-state index in [-0.39, 0.29) is 29.5 Å². The Balaban J connectivity index is -0.0000000450. The van der Waals surface area contributed by atoms with Crippen LogP contribution >= 0.6 is 0 Å². The van der Waals surface area contributed by atoms with Gasteiger partial charge in [-0.3, -0.25) is 0 Å². The summed E-state index contributed by atoms with van der Waals surface area (Å²) in [4.78, 5) is 17.0. The zero-order valence-corrected chi connectivity index (χ0v) is 5.32. The summed E-state index contributed by atoms with van der Waals surface area (Å²) in [5.41, 5.74) is 0. The molecule has 0 aromatic rings. The molecular weight excluding hydrogens is 167 g/mol. The fourth-order valence-electron chi connectivity index (χ4n) is 0. The average Bonchev–Trinajstić information content (AvgIpc) is 0.811. The molecule has 0 saturated heterocycles. The van der Waals surface area contributed by atoms with Gasteiger partial charge in [-0.05, 0) is 0 Å². The van der Waals surface area contributed by atoms with Crippen LogP contribution in [0.15, 0.2) is 0 Å². The van der Waals surface area contributed by atoms with E-state index in [0.717, 1.165) is 0 Å². The summed E-state index contributed by atoms with van der Waals surface area (Å²) in [5, 5.41) is 0. The molecule has 0 atom stereocenters. The third kappa shape index (κ3) is 286. The average molecular weight is 167 g/mol. The van der Waals surface area contributed by atoms with Crippen molar-refractivity contribution >= 4 is 9.17 Å². The Morgan fingerprint density at radius 2 is 1.33 bits per heavy atom. The van der Waals surface area contributed by atoms with Crippen LogP contribution in [0.2, 0.25) is 0 Å². The molecule has 3 nitrogen and oxygen atoms in total. The van der Waals surface area contributed by atoms with Gasteiger partial charge >= 0.3 is 17.1 Å². The minimum atomic E-state index is -3.63. The molecule has 0 bridgehead atoms. The number of rotatable bonds is 0. The van der Waals surface area contributed by atoms with Crippen molar-refractivity contribution in [3.8, 4) is 0 Å². The summed E-state index contributed by atoms with van der Waals surface area (Å²) < 4.78 is 8.52. The molecule has 0 aromatic carbocycles. The van der Waals surface area contributed by atoms with Crippen LogP contribution in [0.1, 0.15) is 0 Å². The molecular formula is ClFeO3Si. The molecule has 0 unspecified atom stereocenters. The first-order chi connectivity index (χ1) is 1.73. The van der Waals surface area contributed by atoms with Gasteiger partial charge < -0.3 is 26.5 Å². The molecule has 1 radical (unpaired) electrons. The molecule has 0 aliphatic rings. The fraction of sp³-hybridized carbons (Fsp3) is 0. The first kappa shape index (κ1) is 16.1. The number of hydrogen-bond acceptors (Lipinski definition) is 3. The van der Waals surface area contributed by atoms with Crippen LogP contribution in [0.4, 0.5) is 0 Å². The SMILES string of the molecule is O=[Si]([O-])[O-].[Cl-].[Fe+3]. The summed E-state index contributed by atoms with van der Waals surface area (Å²) in [5.74, 6) is 0. The first-order valence-electron chi connectivity index (χ1n) is 0.612. The van der Waals surface area contributed by atoms with Crippen molar-refractivity contribution in [2.24, 2.45) is 0 Å². The van der Waals surface area contributed by atoms with Gasteiger partial charge in [0, 0.05) is 9.17 Å². The molecule has 0 saturated carbocycles. The van der Waals surface area contributed by atoms with Crippen molar-refractivity contribution in [1.82, 2.24) is 0 Å². The normalized spacial score (nSPS) is 4.00. The van der Waals surface area contributed by atoms with E-state index >= 15 is 0 Å². The van der Waals surface area contributed by atoms with E-state index in [1.807, 2.05) is 0 Å². The molecule has 0 aromatic heterocycles. The topological polar surface area (TPSA) is 63.2 Å². The number of halogens is 1. The van der Waals surface area contributed by atoms with Crippen LogP contribution in [0.5, 0.6) is 0 Å². The Bertz CT molecular complexity index is 33.8. The van der Waals surface area contributed by atoms with Crippen LogP contribution in [0.25, 0.3) is 0 Å². The van der Waals surface area contributed by atoms with E-state index < -0.39 is 9.17 Å². The quantitative estimate of drug-likeness (QED) is 0.338. The summed E-state index contributed by atoms with van der Waals surface area (Å²) in [6, 6.07) is 0. The summed E-state index contributed by atoms with van der Waals surface area (Å²) in [7, 11) is -3.63. The van der Waals surface area contributed by atoms with Crippen molar-refractivity contribution in [2.75, 3.05) is 0 Å². The minimum absolute atomic E-state index is 0. The van der Waals surface area contributed by atoms with Crippen molar-refractivity contribution in [2.45, 2.75) is 0 Å². The van der Waals surface area contributed by atoms with Gasteiger partial charge in [0.2, 0.25) is 0 Å². The summed E-state index contributed by atoms with van der Waals surface area (Å²) >= 11 is 0. The Hall–Kier alpha value is 0.426. The smallest absolute Gasteiger partial charge is 1.00 e. The molecule has 37 valence electrons. The largest absolute Gasteiger partial charge is 3.00 e. The van der Waals surface area contributed by atoms with Crippen molar-refractivity contribution in [3.05, 3.63) is 0 Å². The van der Waals surface area contributed by atoms with Crippen molar-refractivity contribution < 1.29 is 43.5 Å². The van der Waals surface area contributed by atoms with Crippen molar-refractivity contribution in [1.29, 1.82) is 0 Å². The van der Waals surface area contributed by atoms with E-state index in [1.165, 1.54) is 0 Å². The predicted molar refractivity (Wildman–Crippen MR) is 6.44 cm³/mol. The minimum Gasteiger partial charge on any atom is -1.00 e.